The molecule has 0 radical (unpaired) electrons. The smallest absolute Gasteiger partial charge is 0.227 e. The minimum atomic E-state index is 0.0317. The minimum Gasteiger partial charge on any atom is -0.312 e. The summed E-state index contributed by atoms with van der Waals surface area (Å²) >= 11 is 1.57. The zero-order valence-corrected chi connectivity index (χ0v) is 14.0. The molecule has 118 valence electrons. The highest BCUT2D eigenvalue weighted by atomic mass is 32.2. The van der Waals surface area contributed by atoms with Crippen molar-refractivity contribution in [3.63, 3.8) is 0 Å². The highest BCUT2D eigenvalue weighted by Crippen LogP contribution is 2.44. The van der Waals surface area contributed by atoms with Gasteiger partial charge in [-0.2, -0.15) is 0 Å². The molecular formula is C18H19N3OS. The Hall–Kier alpha value is -1.88. The number of anilines is 1. The predicted molar refractivity (Wildman–Crippen MR) is 91.7 cm³/mol. The molecule has 2 heterocycles. The molecule has 1 aliphatic heterocycles. The number of amides is 1. The van der Waals surface area contributed by atoms with Gasteiger partial charge in [-0.3, -0.25) is 4.79 Å². The maximum Gasteiger partial charge on any atom is 0.227 e. The van der Waals surface area contributed by atoms with Crippen LogP contribution in [0.25, 0.3) is 0 Å². The molecule has 4 nitrogen and oxygen atoms in total. The molecule has 0 saturated carbocycles. The van der Waals surface area contributed by atoms with Crippen LogP contribution in [-0.4, -0.2) is 28.7 Å². The molecule has 1 aromatic carbocycles. The van der Waals surface area contributed by atoms with Crippen LogP contribution < -0.4 is 4.90 Å². The van der Waals surface area contributed by atoms with Crippen molar-refractivity contribution in [1.29, 1.82) is 0 Å². The van der Waals surface area contributed by atoms with E-state index in [0.717, 1.165) is 42.3 Å². The van der Waals surface area contributed by atoms with Gasteiger partial charge in [0.15, 0.2) is 5.16 Å². The zero-order chi connectivity index (χ0) is 15.9. The average molecular weight is 325 g/mol. The lowest BCUT2D eigenvalue weighted by atomic mass is 9.73. The van der Waals surface area contributed by atoms with E-state index < -0.39 is 0 Å². The second-order valence-electron chi connectivity index (χ2n) is 6.50. The monoisotopic (exact) mass is 325 g/mol. The quantitative estimate of drug-likeness (QED) is 0.629. The third kappa shape index (κ3) is 2.63. The topological polar surface area (TPSA) is 46.1 Å². The number of carbonyl (C=O) groups excluding carboxylic acids is 1. The summed E-state index contributed by atoms with van der Waals surface area (Å²) in [6, 6.07) is 9.99. The normalized spacial score (nSPS) is 23.3. The molecule has 1 atom stereocenters. The van der Waals surface area contributed by atoms with E-state index in [2.05, 4.69) is 4.98 Å². The van der Waals surface area contributed by atoms with Crippen molar-refractivity contribution < 1.29 is 4.79 Å². The van der Waals surface area contributed by atoms with Crippen molar-refractivity contribution in [2.45, 2.75) is 30.8 Å². The number of hydrogen-bond acceptors (Lipinski definition) is 4. The number of rotatable bonds is 2. The molecule has 23 heavy (non-hydrogen) atoms. The van der Waals surface area contributed by atoms with Gasteiger partial charge in [-0.05, 0) is 43.2 Å². The van der Waals surface area contributed by atoms with Gasteiger partial charge in [0.1, 0.15) is 0 Å². The summed E-state index contributed by atoms with van der Waals surface area (Å²) in [6.07, 6.45) is 7.48. The first kappa shape index (κ1) is 14.7. The van der Waals surface area contributed by atoms with Gasteiger partial charge in [0, 0.05) is 36.0 Å². The van der Waals surface area contributed by atoms with E-state index in [9.17, 15) is 4.79 Å². The third-order valence-corrected chi connectivity index (χ3v) is 5.53. The second-order valence-corrected chi connectivity index (χ2v) is 7.27. The number of fused-ring (bicyclic) bond motifs is 1. The Bertz CT molecular complexity index is 749. The van der Waals surface area contributed by atoms with Gasteiger partial charge in [0.2, 0.25) is 5.91 Å². The Balaban J connectivity index is 1.62. The van der Waals surface area contributed by atoms with E-state index >= 15 is 0 Å². The molecular weight excluding hydrogens is 306 g/mol. The first-order chi connectivity index (χ1) is 11.2. The van der Waals surface area contributed by atoms with E-state index in [0.29, 0.717) is 6.42 Å². The Kier molecular flexibility index (Phi) is 3.60. The molecule has 1 spiro atoms. The standard InChI is InChI=1S/C18H19N3OS/c1-23-17-19-11-13-7-8-18(9-15(13)20-17)10-16(22)21(12-18)14-5-3-2-4-6-14/h2-6,11H,7-10,12H2,1H3. The van der Waals surface area contributed by atoms with Gasteiger partial charge in [0.25, 0.3) is 0 Å². The minimum absolute atomic E-state index is 0.0317. The van der Waals surface area contributed by atoms with Crippen LogP contribution in [0.3, 0.4) is 0 Å². The summed E-state index contributed by atoms with van der Waals surface area (Å²) in [7, 11) is 0. The first-order valence-electron chi connectivity index (χ1n) is 7.93. The Morgan fingerprint density at radius 3 is 2.83 bits per heavy atom. The van der Waals surface area contributed by atoms with Gasteiger partial charge in [-0.15, -0.1) is 0 Å². The van der Waals surface area contributed by atoms with E-state index in [1.165, 1.54) is 5.56 Å². The molecule has 1 amide bonds. The molecule has 5 heteroatoms. The van der Waals surface area contributed by atoms with E-state index in [-0.39, 0.29) is 11.3 Å². The van der Waals surface area contributed by atoms with E-state index in [4.69, 9.17) is 4.98 Å². The van der Waals surface area contributed by atoms with Gasteiger partial charge in [0.05, 0.1) is 0 Å². The lowest BCUT2D eigenvalue weighted by molar-refractivity contribution is -0.117. The molecule has 2 aromatic rings. The number of aromatic nitrogens is 2. The molecule has 0 bridgehead atoms. The molecule has 0 N–H and O–H groups in total. The molecule has 1 fully saturated rings. The summed E-state index contributed by atoms with van der Waals surface area (Å²) in [5.74, 6) is 0.235. The maximum absolute atomic E-state index is 12.6. The average Bonchev–Trinajstić information content (AvgIpc) is 2.91. The van der Waals surface area contributed by atoms with Gasteiger partial charge < -0.3 is 4.90 Å². The SMILES string of the molecule is CSc1ncc2c(n1)CC1(CC2)CC(=O)N(c2ccccc2)C1. The van der Waals surface area contributed by atoms with E-state index in [1.807, 2.05) is 47.7 Å². The van der Waals surface area contributed by atoms with Crippen molar-refractivity contribution in [2.75, 3.05) is 17.7 Å². The van der Waals surface area contributed by atoms with Crippen LogP contribution in [0.5, 0.6) is 0 Å². The number of aryl methyl sites for hydroxylation is 1. The number of benzene rings is 1. The lowest BCUT2D eigenvalue weighted by Crippen LogP contribution is -2.33. The zero-order valence-electron chi connectivity index (χ0n) is 13.2. The fourth-order valence-electron chi connectivity index (χ4n) is 3.75. The largest absolute Gasteiger partial charge is 0.312 e. The first-order valence-corrected chi connectivity index (χ1v) is 9.16. The van der Waals surface area contributed by atoms with Gasteiger partial charge >= 0.3 is 0 Å². The number of carbonyl (C=O) groups is 1. The van der Waals surface area contributed by atoms with Crippen LogP contribution in [0.1, 0.15) is 24.1 Å². The highest BCUT2D eigenvalue weighted by Gasteiger charge is 2.45. The molecule has 2 aliphatic rings. The van der Waals surface area contributed by atoms with Crippen molar-refractivity contribution in [2.24, 2.45) is 5.41 Å². The fourth-order valence-corrected chi connectivity index (χ4v) is 4.11. The van der Waals surface area contributed by atoms with Crippen molar-refractivity contribution in [1.82, 2.24) is 9.97 Å². The molecule has 1 aromatic heterocycles. The Morgan fingerprint density at radius 2 is 2.04 bits per heavy atom. The summed E-state index contributed by atoms with van der Waals surface area (Å²) in [6.45, 7) is 0.799. The fraction of sp³-hybridized carbons (Fsp3) is 0.389. The van der Waals surface area contributed by atoms with Gasteiger partial charge in [-0.1, -0.05) is 30.0 Å². The van der Waals surface area contributed by atoms with Crippen LogP contribution in [0.15, 0.2) is 41.7 Å². The summed E-state index contributed by atoms with van der Waals surface area (Å²) in [5, 5.41) is 0.824. The number of para-hydroxylation sites is 1. The summed E-state index contributed by atoms with van der Waals surface area (Å²) in [5.41, 5.74) is 3.43. The lowest BCUT2D eigenvalue weighted by Gasteiger charge is -2.33. The van der Waals surface area contributed by atoms with Crippen molar-refractivity contribution >= 4 is 23.4 Å². The third-order valence-electron chi connectivity index (χ3n) is 4.97. The summed E-state index contributed by atoms with van der Waals surface area (Å²) in [4.78, 5) is 23.6. The van der Waals surface area contributed by atoms with Crippen LogP contribution >= 0.6 is 11.8 Å². The van der Waals surface area contributed by atoms with E-state index in [1.54, 1.807) is 11.8 Å². The molecule has 1 saturated heterocycles. The molecule has 4 rings (SSSR count). The van der Waals surface area contributed by atoms with Crippen LogP contribution in [-0.2, 0) is 17.6 Å². The molecule has 1 unspecified atom stereocenters. The molecule has 1 aliphatic carbocycles. The van der Waals surface area contributed by atoms with Crippen LogP contribution in [0.2, 0.25) is 0 Å². The van der Waals surface area contributed by atoms with Crippen molar-refractivity contribution in [3.8, 4) is 0 Å². The number of hydrogen-bond donors (Lipinski definition) is 0. The second kappa shape index (κ2) is 5.64. The number of thioether (sulfide) groups is 1. The summed E-state index contributed by atoms with van der Waals surface area (Å²) < 4.78 is 0. The maximum atomic E-state index is 12.6. The van der Waals surface area contributed by atoms with Crippen molar-refractivity contribution in [3.05, 3.63) is 47.8 Å². The predicted octanol–water partition coefficient (Wildman–Crippen LogP) is 3.11. The van der Waals surface area contributed by atoms with Crippen LogP contribution in [0.4, 0.5) is 5.69 Å². The Morgan fingerprint density at radius 1 is 1.22 bits per heavy atom. The highest BCUT2D eigenvalue weighted by molar-refractivity contribution is 7.98. The van der Waals surface area contributed by atoms with Gasteiger partial charge in [-0.25, -0.2) is 9.97 Å². The number of nitrogens with zero attached hydrogens (tertiary/aromatic N) is 3. The van der Waals surface area contributed by atoms with Crippen LogP contribution in [0, 0.1) is 5.41 Å². The Labute approximate surface area is 140 Å².